The van der Waals surface area contributed by atoms with E-state index in [-0.39, 0.29) is 36.5 Å². The molecule has 2 atom stereocenters. The zero-order valence-electron chi connectivity index (χ0n) is 17.0. The molecule has 2 aromatic rings. The molecule has 0 bridgehead atoms. The minimum absolute atomic E-state index is 0.0789. The van der Waals surface area contributed by atoms with E-state index < -0.39 is 45.2 Å². The highest BCUT2D eigenvalue weighted by atomic mass is 35.5. The third kappa shape index (κ3) is 3.63. The Balaban J connectivity index is 1.69. The number of halogens is 3. The van der Waals surface area contributed by atoms with E-state index in [0.717, 1.165) is 12.1 Å². The second-order valence-electron chi connectivity index (χ2n) is 7.76. The van der Waals surface area contributed by atoms with Crippen molar-refractivity contribution in [3.63, 3.8) is 0 Å². The summed E-state index contributed by atoms with van der Waals surface area (Å²) in [5.74, 6) is -4.22. The molecular formula is C21H20ClF2N3O5. The van der Waals surface area contributed by atoms with E-state index in [1.54, 1.807) is 7.05 Å². The zero-order chi connectivity index (χ0) is 23.2. The number of likely N-dealkylation sites (N-methyl/N-ethyl adjacent to an activating group) is 1. The van der Waals surface area contributed by atoms with E-state index in [1.165, 1.54) is 15.7 Å². The summed E-state index contributed by atoms with van der Waals surface area (Å²) in [7, 11) is 1.57. The van der Waals surface area contributed by atoms with Gasteiger partial charge in [0.15, 0.2) is 11.4 Å². The Hall–Kier alpha value is -2.98. The van der Waals surface area contributed by atoms with Gasteiger partial charge in [0.05, 0.1) is 18.7 Å². The highest BCUT2D eigenvalue weighted by molar-refractivity contribution is 6.30. The number of hydrogen-bond donors (Lipinski definition) is 2. The van der Waals surface area contributed by atoms with Gasteiger partial charge in [-0.15, -0.1) is 0 Å². The van der Waals surface area contributed by atoms with Gasteiger partial charge in [-0.05, 0) is 18.9 Å². The molecule has 2 aliphatic heterocycles. The van der Waals surface area contributed by atoms with Crippen molar-refractivity contribution in [3.05, 3.63) is 62.0 Å². The standard InChI is InChI=1S/C21H20ClF2N3O5/c1-26-14-9-32-6-2-3-13(14)27-8-11(18(28)19(29)17(27)21(26)31)20(30)25-7-10-4-5-12(23)15(22)16(10)24/h4-5,8,13-14,29H,2-3,6-7,9H2,1H3,(H,25,30)/t13-,14-/m1/s1. The first-order valence-electron chi connectivity index (χ1n) is 9.96. The van der Waals surface area contributed by atoms with Gasteiger partial charge in [0.1, 0.15) is 22.2 Å². The normalized spacial score (nSPS) is 20.4. The number of amides is 2. The van der Waals surface area contributed by atoms with Crippen LogP contribution in [0.15, 0.2) is 23.1 Å². The molecule has 0 radical (unpaired) electrons. The Labute approximate surface area is 186 Å². The van der Waals surface area contributed by atoms with Gasteiger partial charge in [-0.2, -0.15) is 0 Å². The van der Waals surface area contributed by atoms with E-state index in [0.29, 0.717) is 19.4 Å². The van der Waals surface area contributed by atoms with Crippen LogP contribution in [0.2, 0.25) is 5.02 Å². The highest BCUT2D eigenvalue weighted by Crippen LogP contribution is 2.34. The van der Waals surface area contributed by atoms with Gasteiger partial charge in [-0.1, -0.05) is 17.7 Å². The number of aromatic hydroxyl groups is 1. The van der Waals surface area contributed by atoms with Crippen LogP contribution in [0, 0.1) is 11.6 Å². The summed E-state index contributed by atoms with van der Waals surface area (Å²) in [6.45, 7) is 0.426. The Kier molecular flexibility index (Phi) is 5.91. The molecule has 0 unspecified atom stereocenters. The van der Waals surface area contributed by atoms with Crippen molar-refractivity contribution in [2.75, 3.05) is 20.3 Å². The Morgan fingerprint density at radius 1 is 1.31 bits per heavy atom. The van der Waals surface area contributed by atoms with Gasteiger partial charge in [0, 0.05) is 32.0 Å². The van der Waals surface area contributed by atoms with Crippen LogP contribution in [0.25, 0.3) is 0 Å². The Morgan fingerprint density at radius 2 is 2.06 bits per heavy atom. The predicted molar refractivity (Wildman–Crippen MR) is 110 cm³/mol. The predicted octanol–water partition coefficient (Wildman–Crippen LogP) is 2.22. The fraction of sp³-hybridized carbons (Fsp3) is 0.381. The van der Waals surface area contributed by atoms with Crippen LogP contribution in [0.4, 0.5) is 8.78 Å². The molecular weight excluding hydrogens is 448 g/mol. The molecule has 3 heterocycles. The molecule has 0 spiro atoms. The third-order valence-electron chi connectivity index (χ3n) is 5.91. The number of rotatable bonds is 3. The number of hydrogen-bond acceptors (Lipinski definition) is 5. The molecule has 0 saturated carbocycles. The molecule has 170 valence electrons. The summed E-state index contributed by atoms with van der Waals surface area (Å²) in [4.78, 5) is 39.7. The van der Waals surface area contributed by atoms with Gasteiger partial charge < -0.3 is 24.6 Å². The third-order valence-corrected chi connectivity index (χ3v) is 6.26. The number of carbonyl (C=O) groups excluding carboxylic acids is 2. The molecule has 4 rings (SSSR count). The second-order valence-corrected chi connectivity index (χ2v) is 8.14. The zero-order valence-corrected chi connectivity index (χ0v) is 17.8. The molecule has 1 aromatic carbocycles. The van der Waals surface area contributed by atoms with Gasteiger partial charge in [-0.25, -0.2) is 8.78 Å². The van der Waals surface area contributed by atoms with Crippen molar-refractivity contribution in [3.8, 4) is 5.75 Å². The first-order chi connectivity index (χ1) is 15.2. The van der Waals surface area contributed by atoms with Crippen molar-refractivity contribution in [1.82, 2.24) is 14.8 Å². The van der Waals surface area contributed by atoms with Crippen molar-refractivity contribution in [2.24, 2.45) is 0 Å². The van der Waals surface area contributed by atoms with Crippen molar-refractivity contribution >= 4 is 23.4 Å². The van der Waals surface area contributed by atoms with Gasteiger partial charge in [0.25, 0.3) is 11.8 Å². The van der Waals surface area contributed by atoms with Gasteiger partial charge in [0.2, 0.25) is 5.43 Å². The Morgan fingerprint density at radius 3 is 2.81 bits per heavy atom. The summed E-state index contributed by atoms with van der Waals surface area (Å²) >= 11 is 5.55. The molecule has 0 aliphatic carbocycles. The largest absolute Gasteiger partial charge is 0.503 e. The minimum Gasteiger partial charge on any atom is -0.503 e. The minimum atomic E-state index is -1.02. The summed E-state index contributed by atoms with van der Waals surface area (Å²) in [5.41, 5.74) is -1.68. The van der Waals surface area contributed by atoms with Crippen LogP contribution in [0.5, 0.6) is 5.75 Å². The summed E-state index contributed by atoms with van der Waals surface area (Å²) in [6, 6.07) is 1.45. The molecule has 2 N–H and O–H groups in total. The number of carbonyl (C=O) groups is 2. The molecule has 2 aliphatic rings. The number of ether oxygens (including phenoxy) is 1. The Bertz CT molecular complexity index is 1170. The van der Waals surface area contributed by atoms with Crippen LogP contribution < -0.4 is 10.7 Å². The number of fused-ring (bicyclic) bond motifs is 3. The number of pyridine rings is 1. The molecule has 1 saturated heterocycles. The smallest absolute Gasteiger partial charge is 0.274 e. The van der Waals surface area contributed by atoms with E-state index in [2.05, 4.69) is 5.32 Å². The lowest BCUT2D eigenvalue weighted by atomic mass is 9.97. The van der Waals surface area contributed by atoms with E-state index >= 15 is 0 Å². The first-order valence-corrected chi connectivity index (χ1v) is 10.3. The van der Waals surface area contributed by atoms with E-state index in [4.69, 9.17) is 16.3 Å². The maximum atomic E-state index is 14.1. The summed E-state index contributed by atoms with van der Waals surface area (Å²) in [5, 5.41) is 12.2. The lowest BCUT2D eigenvalue weighted by Crippen LogP contribution is -2.51. The maximum Gasteiger partial charge on any atom is 0.274 e. The van der Waals surface area contributed by atoms with Crippen molar-refractivity contribution in [2.45, 2.75) is 31.5 Å². The average Bonchev–Trinajstić information content (AvgIpc) is 3.03. The van der Waals surface area contributed by atoms with Crippen LogP contribution in [-0.2, 0) is 11.3 Å². The molecule has 1 fully saturated rings. The first kappa shape index (κ1) is 22.2. The van der Waals surface area contributed by atoms with E-state index in [9.17, 15) is 28.3 Å². The van der Waals surface area contributed by atoms with Crippen molar-refractivity contribution in [1.29, 1.82) is 0 Å². The fourth-order valence-electron chi connectivity index (χ4n) is 4.14. The fourth-order valence-corrected chi connectivity index (χ4v) is 4.33. The maximum absolute atomic E-state index is 14.1. The van der Waals surface area contributed by atoms with Crippen LogP contribution in [-0.4, -0.2) is 52.7 Å². The molecule has 32 heavy (non-hydrogen) atoms. The number of benzene rings is 1. The molecule has 8 nitrogen and oxygen atoms in total. The topological polar surface area (TPSA) is 101 Å². The van der Waals surface area contributed by atoms with E-state index in [1.807, 2.05) is 0 Å². The second kappa shape index (κ2) is 8.51. The number of aromatic nitrogens is 1. The molecule has 2 amide bonds. The average molecular weight is 468 g/mol. The lowest BCUT2D eigenvalue weighted by molar-refractivity contribution is 0.0382. The SMILES string of the molecule is CN1C(=O)c2c(O)c(=O)c(C(=O)NCc3ccc(F)c(Cl)c3F)cn2[C@@H]2CCCOC[C@H]21. The van der Waals surface area contributed by atoms with Crippen LogP contribution in [0.3, 0.4) is 0 Å². The number of nitrogens with one attached hydrogen (secondary N) is 1. The molecule has 1 aromatic heterocycles. The lowest BCUT2D eigenvalue weighted by Gasteiger charge is -2.40. The molecule has 11 heteroatoms. The highest BCUT2D eigenvalue weighted by Gasteiger charge is 2.41. The summed E-state index contributed by atoms with van der Waals surface area (Å²) < 4.78 is 34.5. The van der Waals surface area contributed by atoms with Crippen LogP contribution in [0.1, 0.15) is 45.3 Å². The van der Waals surface area contributed by atoms with Gasteiger partial charge in [-0.3, -0.25) is 14.4 Å². The van der Waals surface area contributed by atoms with Crippen molar-refractivity contribution < 1.29 is 28.2 Å². The quantitative estimate of drug-likeness (QED) is 0.674. The van der Waals surface area contributed by atoms with Gasteiger partial charge >= 0.3 is 0 Å². The number of nitrogens with zero attached hydrogens (tertiary/aromatic N) is 2. The van der Waals surface area contributed by atoms with Crippen LogP contribution >= 0.6 is 11.6 Å². The summed E-state index contributed by atoms with van der Waals surface area (Å²) in [6.07, 6.45) is 2.55. The monoisotopic (exact) mass is 467 g/mol.